The van der Waals surface area contributed by atoms with Gasteiger partial charge >= 0.3 is 0 Å². The van der Waals surface area contributed by atoms with Crippen molar-refractivity contribution in [1.29, 1.82) is 0 Å². The van der Waals surface area contributed by atoms with Gasteiger partial charge in [-0.25, -0.2) is 0 Å². The van der Waals surface area contributed by atoms with Gasteiger partial charge in [-0.15, -0.1) is 0 Å². The van der Waals surface area contributed by atoms with Crippen LogP contribution in [0.5, 0.6) is 0 Å². The van der Waals surface area contributed by atoms with Crippen molar-refractivity contribution in [2.45, 2.75) is 32.2 Å². The molecule has 0 saturated heterocycles. The van der Waals surface area contributed by atoms with E-state index in [-0.39, 0.29) is 0 Å². The molecule has 1 aliphatic carbocycles. The molecule has 0 spiro atoms. The van der Waals surface area contributed by atoms with Gasteiger partial charge in [0.15, 0.2) is 0 Å². The fourth-order valence-electron chi connectivity index (χ4n) is 1.71. The summed E-state index contributed by atoms with van der Waals surface area (Å²) in [4.78, 5) is 4.44. The van der Waals surface area contributed by atoms with Gasteiger partial charge in [0.1, 0.15) is 0 Å². The van der Waals surface area contributed by atoms with Crippen LogP contribution in [0.25, 0.3) is 0 Å². The second-order valence-corrected chi connectivity index (χ2v) is 4.04. The molecule has 1 nitrogen and oxygen atoms in total. The van der Waals surface area contributed by atoms with Crippen LogP contribution in [-0.2, 0) is 6.54 Å². The third-order valence-electron chi connectivity index (χ3n) is 2.91. The Balaban J connectivity index is 1.71. The van der Waals surface area contributed by atoms with Crippen LogP contribution in [0.4, 0.5) is 0 Å². The molecule has 0 aromatic heterocycles. The largest absolute Gasteiger partial charge is 0.293 e. The zero-order valence-electron chi connectivity index (χ0n) is 8.52. The zero-order chi connectivity index (χ0) is 9.64. The first-order chi connectivity index (χ1) is 6.95. The Morgan fingerprint density at radius 3 is 2.64 bits per heavy atom. The van der Waals surface area contributed by atoms with Crippen molar-refractivity contribution in [3.8, 4) is 0 Å². The molecule has 0 heterocycles. The van der Waals surface area contributed by atoms with Crippen LogP contribution < -0.4 is 0 Å². The molecule has 1 aromatic carbocycles. The molecule has 0 radical (unpaired) electrons. The first-order valence-electron chi connectivity index (χ1n) is 5.47. The lowest BCUT2D eigenvalue weighted by Crippen LogP contribution is -2.10. The summed E-state index contributed by atoms with van der Waals surface area (Å²) in [6, 6.07) is 10.4. The number of aliphatic imine (C=N–C) groups is 1. The molecule has 0 N–H and O–H groups in total. The van der Waals surface area contributed by atoms with E-state index in [1.54, 1.807) is 0 Å². The summed E-state index contributed by atoms with van der Waals surface area (Å²) in [5.41, 5.74) is 1.30. The molecule has 0 aliphatic heterocycles. The quantitative estimate of drug-likeness (QED) is 0.640. The van der Waals surface area contributed by atoms with Crippen LogP contribution >= 0.6 is 0 Å². The van der Waals surface area contributed by atoms with E-state index < -0.39 is 0 Å². The van der Waals surface area contributed by atoms with Gasteiger partial charge < -0.3 is 0 Å². The van der Waals surface area contributed by atoms with Gasteiger partial charge in [-0.05, 0) is 24.1 Å². The summed E-state index contributed by atoms with van der Waals surface area (Å²) in [6.45, 7) is 0.841. The van der Waals surface area contributed by atoms with E-state index in [4.69, 9.17) is 0 Å². The molecule has 2 rings (SSSR count). The average molecular weight is 187 g/mol. The van der Waals surface area contributed by atoms with E-state index in [9.17, 15) is 0 Å². The lowest BCUT2D eigenvalue weighted by molar-refractivity contribution is 0.329. The van der Waals surface area contributed by atoms with Crippen molar-refractivity contribution in [3.63, 3.8) is 0 Å². The Morgan fingerprint density at radius 2 is 2.00 bits per heavy atom. The molecule has 0 unspecified atom stereocenters. The average Bonchev–Trinajstić information content (AvgIpc) is 2.16. The van der Waals surface area contributed by atoms with Crippen molar-refractivity contribution in [3.05, 3.63) is 35.9 Å². The molecule has 0 amide bonds. The number of hydrogen-bond acceptors (Lipinski definition) is 1. The molecule has 0 bridgehead atoms. The van der Waals surface area contributed by atoms with Crippen LogP contribution in [0.1, 0.15) is 31.2 Å². The van der Waals surface area contributed by atoms with Crippen LogP contribution in [0.2, 0.25) is 0 Å². The van der Waals surface area contributed by atoms with Gasteiger partial charge in [0, 0.05) is 0 Å². The van der Waals surface area contributed by atoms with E-state index in [1.165, 1.54) is 31.2 Å². The molecule has 1 saturated carbocycles. The first-order valence-corrected chi connectivity index (χ1v) is 5.47. The Morgan fingerprint density at radius 1 is 1.21 bits per heavy atom. The molecule has 14 heavy (non-hydrogen) atoms. The molecule has 0 atom stereocenters. The van der Waals surface area contributed by atoms with Crippen LogP contribution in [-0.4, -0.2) is 6.21 Å². The van der Waals surface area contributed by atoms with Crippen molar-refractivity contribution in [1.82, 2.24) is 0 Å². The Bertz CT molecular complexity index is 285. The fourth-order valence-corrected chi connectivity index (χ4v) is 1.71. The topological polar surface area (TPSA) is 12.4 Å². The third kappa shape index (κ3) is 2.69. The van der Waals surface area contributed by atoms with Crippen molar-refractivity contribution in [2.24, 2.45) is 10.9 Å². The van der Waals surface area contributed by atoms with E-state index >= 15 is 0 Å². The SMILES string of the molecule is C(/CC1CCC1)=N\Cc1ccccc1. The molecule has 1 aromatic rings. The smallest absolute Gasteiger partial charge is 0.0635 e. The van der Waals surface area contributed by atoms with Gasteiger partial charge in [-0.2, -0.15) is 0 Å². The van der Waals surface area contributed by atoms with E-state index in [1.807, 2.05) is 6.07 Å². The predicted octanol–water partition coefficient (Wildman–Crippen LogP) is 3.45. The van der Waals surface area contributed by atoms with E-state index in [0.29, 0.717) is 0 Å². The number of hydrogen-bond donors (Lipinski definition) is 0. The standard InChI is InChI=1S/C13H17N/c1-2-5-13(6-3-1)11-14-10-9-12-7-4-8-12/h1-3,5-6,10,12H,4,7-9,11H2/b14-10+. The molecule has 1 heteroatoms. The van der Waals surface area contributed by atoms with Gasteiger partial charge in [-0.3, -0.25) is 4.99 Å². The highest BCUT2D eigenvalue weighted by Gasteiger charge is 2.15. The van der Waals surface area contributed by atoms with Crippen LogP contribution in [0.3, 0.4) is 0 Å². The maximum atomic E-state index is 4.44. The van der Waals surface area contributed by atoms with Gasteiger partial charge in [0.25, 0.3) is 0 Å². The lowest BCUT2D eigenvalue weighted by Gasteiger charge is -2.23. The molecule has 1 aliphatic rings. The number of rotatable bonds is 4. The van der Waals surface area contributed by atoms with Gasteiger partial charge in [-0.1, -0.05) is 49.6 Å². The van der Waals surface area contributed by atoms with E-state index in [0.717, 1.165) is 12.5 Å². The number of nitrogens with zero attached hydrogens (tertiary/aromatic N) is 1. The highest BCUT2D eigenvalue weighted by atomic mass is 14.7. The molecule has 1 fully saturated rings. The Hall–Kier alpha value is -1.11. The zero-order valence-corrected chi connectivity index (χ0v) is 8.52. The lowest BCUT2D eigenvalue weighted by atomic mass is 9.83. The minimum Gasteiger partial charge on any atom is -0.293 e. The summed E-state index contributed by atoms with van der Waals surface area (Å²) in [7, 11) is 0. The summed E-state index contributed by atoms with van der Waals surface area (Å²) in [6.07, 6.45) is 7.55. The minimum atomic E-state index is 0.841. The fraction of sp³-hybridized carbons (Fsp3) is 0.462. The third-order valence-corrected chi connectivity index (χ3v) is 2.91. The summed E-state index contributed by atoms with van der Waals surface area (Å²) in [5, 5.41) is 0. The minimum absolute atomic E-state index is 0.841. The Labute approximate surface area is 85.9 Å². The van der Waals surface area contributed by atoms with Crippen molar-refractivity contribution >= 4 is 6.21 Å². The van der Waals surface area contributed by atoms with E-state index in [2.05, 4.69) is 35.5 Å². The normalized spacial score (nSPS) is 17.1. The van der Waals surface area contributed by atoms with Gasteiger partial charge in [0.05, 0.1) is 6.54 Å². The Kier molecular flexibility index (Phi) is 3.33. The first kappa shape index (κ1) is 9.45. The number of benzene rings is 1. The summed E-state index contributed by atoms with van der Waals surface area (Å²) >= 11 is 0. The summed E-state index contributed by atoms with van der Waals surface area (Å²) < 4.78 is 0. The molecular weight excluding hydrogens is 170 g/mol. The molecule has 74 valence electrons. The highest BCUT2D eigenvalue weighted by molar-refractivity contribution is 5.57. The highest BCUT2D eigenvalue weighted by Crippen LogP contribution is 2.28. The maximum absolute atomic E-state index is 4.44. The predicted molar refractivity (Wildman–Crippen MR) is 60.6 cm³/mol. The second kappa shape index (κ2) is 4.94. The maximum Gasteiger partial charge on any atom is 0.0635 e. The second-order valence-electron chi connectivity index (χ2n) is 4.04. The van der Waals surface area contributed by atoms with Crippen molar-refractivity contribution in [2.75, 3.05) is 0 Å². The van der Waals surface area contributed by atoms with Crippen molar-refractivity contribution < 1.29 is 0 Å². The molecular formula is C13H17N. The van der Waals surface area contributed by atoms with Crippen LogP contribution in [0.15, 0.2) is 35.3 Å². The summed E-state index contributed by atoms with van der Waals surface area (Å²) in [5.74, 6) is 0.939. The van der Waals surface area contributed by atoms with Gasteiger partial charge in [0.2, 0.25) is 0 Å². The monoisotopic (exact) mass is 187 g/mol. The van der Waals surface area contributed by atoms with Crippen LogP contribution in [0, 0.1) is 5.92 Å².